The molecule has 0 bridgehead atoms. The number of halogens is 3. The molecule has 0 unspecified atom stereocenters. The Hall–Kier alpha value is -2.23. The van der Waals surface area contributed by atoms with Crippen molar-refractivity contribution in [2.45, 2.75) is 12.3 Å². The Morgan fingerprint density at radius 3 is 2.57 bits per heavy atom. The molecule has 1 aromatic carbocycles. The van der Waals surface area contributed by atoms with Gasteiger partial charge in [0.15, 0.2) is 0 Å². The van der Waals surface area contributed by atoms with Crippen molar-refractivity contribution in [1.29, 1.82) is 0 Å². The molecule has 0 spiro atoms. The molecule has 3 aromatic rings. The highest BCUT2D eigenvalue weighted by Gasteiger charge is 2.31. The van der Waals surface area contributed by atoms with Gasteiger partial charge in [0, 0.05) is 0 Å². The second kappa shape index (κ2) is 4.88. The number of hydrogen-bond acceptors (Lipinski definition) is 4. The zero-order chi connectivity index (χ0) is 17.0. The maximum absolute atomic E-state index is 12.9. The average Bonchev–Trinajstić information content (AvgIpc) is 2.80. The van der Waals surface area contributed by atoms with Crippen molar-refractivity contribution in [3.63, 3.8) is 0 Å². The van der Waals surface area contributed by atoms with E-state index < -0.39 is 31.1 Å². The molecular formula is C11H8F3N4O4P. The molecule has 0 aliphatic heterocycles. The first-order valence-electron chi connectivity index (χ1n) is 6.08. The highest BCUT2D eigenvalue weighted by molar-refractivity contribution is 7.50. The van der Waals surface area contributed by atoms with Gasteiger partial charge in [0.1, 0.15) is 12.0 Å². The molecule has 2 aromatic heterocycles. The quantitative estimate of drug-likeness (QED) is 0.600. The lowest BCUT2D eigenvalue weighted by Crippen LogP contribution is -2.13. The van der Waals surface area contributed by atoms with Crippen LogP contribution in [0.3, 0.4) is 0 Å². The summed E-state index contributed by atoms with van der Waals surface area (Å²) in [6.07, 6.45) is -5.48. The summed E-state index contributed by atoms with van der Waals surface area (Å²) < 4.78 is 50.6. The first-order chi connectivity index (χ1) is 10.6. The van der Waals surface area contributed by atoms with E-state index in [2.05, 4.69) is 15.2 Å². The fourth-order valence-electron chi connectivity index (χ4n) is 2.18. The topological polar surface area (TPSA) is 121 Å². The molecule has 0 amide bonds. The predicted octanol–water partition coefficient (Wildman–Crippen LogP) is 1.27. The number of aromatic nitrogens is 4. The summed E-state index contributed by atoms with van der Waals surface area (Å²) in [5.41, 5.74) is -2.11. The van der Waals surface area contributed by atoms with Crippen LogP contribution in [0, 0.1) is 0 Å². The third-order valence-corrected chi connectivity index (χ3v) is 3.79. The van der Waals surface area contributed by atoms with Gasteiger partial charge in [-0.15, -0.1) is 10.2 Å². The van der Waals surface area contributed by atoms with E-state index in [4.69, 9.17) is 9.79 Å². The highest BCUT2D eigenvalue weighted by Crippen LogP contribution is 2.39. The highest BCUT2D eigenvalue weighted by atomic mass is 31.2. The van der Waals surface area contributed by atoms with E-state index in [1.807, 2.05) is 0 Å². The lowest BCUT2D eigenvalue weighted by molar-refractivity contribution is -0.137. The molecule has 0 atom stereocenters. The largest absolute Gasteiger partial charge is 0.416 e. The summed E-state index contributed by atoms with van der Waals surface area (Å²) >= 11 is 0. The van der Waals surface area contributed by atoms with Crippen molar-refractivity contribution in [1.82, 2.24) is 19.6 Å². The van der Waals surface area contributed by atoms with Crippen molar-refractivity contribution in [3.05, 3.63) is 39.9 Å². The van der Waals surface area contributed by atoms with Crippen molar-refractivity contribution < 1.29 is 27.5 Å². The monoisotopic (exact) mass is 348 g/mol. The van der Waals surface area contributed by atoms with E-state index in [0.717, 1.165) is 22.6 Å². The van der Waals surface area contributed by atoms with Gasteiger partial charge in [0.05, 0.1) is 16.6 Å². The molecule has 0 aliphatic rings. The Morgan fingerprint density at radius 2 is 1.96 bits per heavy atom. The SMILES string of the molecule is O=c1[nH]c2ccc(C(F)(F)F)cc2n2c(CP(=O)(O)O)nnc12. The van der Waals surface area contributed by atoms with E-state index in [-0.39, 0.29) is 22.5 Å². The predicted molar refractivity (Wildman–Crippen MR) is 71.9 cm³/mol. The molecule has 0 saturated heterocycles. The van der Waals surface area contributed by atoms with Gasteiger partial charge in [-0.3, -0.25) is 13.8 Å². The Labute approximate surface area is 124 Å². The van der Waals surface area contributed by atoms with Crippen LogP contribution in [0.25, 0.3) is 16.7 Å². The number of alkyl halides is 3. The normalized spacial score (nSPS) is 13.1. The average molecular weight is 348 g/mol. The van der Waals surface area contributed by atoms with E-state index >= 15 is 0 Å². The van der Waals surface area contributed by atoms with Crippen LogP contribution >= 0.6 is 7.60 Å². The van der Waals surface area contributed by atoms with Gasteiger partial charge in [-0.25, -0.2) is 0 Å². The van der Waals surface area contributed by atoms with Crippen molar-refractivity contribution in [3.8, 4) is 0 Å². The lowest BCUT2D eigenvalue weighted by Gasteiger charge is -2.10. The maximum atomic E-state index is 12.9. The number of H-pyrrole nitrogens is 1. The standard InChI is InChI=1S/C11H8F3N4O4P/c12-11(13,14)5-1-2-6-7(3-5)18-8(4-23(20,21)22)16-17-9(18)10(19)15-6/h1-3H,4H2,(H,15,19)(H2,20,21,22). The van der Waals surface area contributed by atoms with Gasteiger partial charge < -0.3 is 14.8 Å². The Morgan fingerprint density at radius 1 is 1.26 bits per heavy atom. The number of fused-ring (bicyclic) bond motifs is 3. The Balaban J connectivity index is 2.40. The minimum absolute atomic E-state index is 0.0576. The summed E-state index contributed by atoms with van der Waals surface area (Å²) in [6.45, 7) is 0. The lowest BCUT2D eigenvalue weighted by atomic mass is 10.2. The zero-order valence-electron chi connectivity index (χ0n) is 11.1. The molecule has 0 fully saturated rings. The molecule has 2 heterocycles. The number of rotatable bonds is 2. The minimum atomic E-state index is -4.62. The zero-order valence-corrected chi connectivity index (χ0v) is 12.0. The molecular weight excluding hydrogens is 340 g/mol. The van der Waals surface area contributed by atoms with Gasteiger partial charge in [0.25, 0.3) is 5.56 Å². The smallest absolute Gasteiger partial charge is 0.324 e. The van der Waals surface area contributed by atoms with Gasteiger partial charge in [-0.05, 0) is 18.2 Å². The first-order valence-corrected chi connectivity index (χ1v) is 7.88. The molecule has 12 heteroatoms. The summed E-state index contributed by atoms with van der Waals surface area (Å²) in [5.74, 6) is -0.302. The summed E-state index contributed by atoms with van der Waals surface area (Å²) in [5, 5.41) is 6.99. The Kier molecular flexibility index (Phi) is 3.32. The van der Waals surface area contributed by atoms with Crippen LogP contribution in [0.5, 0.6) is 0 Å². The number of hydrogen-bond donors (Lipinski definition) is 3. The molecule has 3 N–H and O–H groups in total. The third kappa shape index (κ3) is 2.85. The van der Waals surface area contributed by atoms with Crippen LogP contribution in [0.4, 0.5) is 13.2 Å². The number of nitrogens with zero attached hydrogens (tertiary/aromatic N) is 3. The molecule has 0 radical (unpaired) electrons. The molecule has 3 rings (SSSR count). The number of benzene rings is 1. The maximum Gasteiger partial charge on any atom is 0.416 e. The molecule has 8 nitrogen and oxygen atoms in total. The first kappa shape index (κ1) is 15.7. The molecule has 0 saturated carbocycles. The van der Waals surface area contributed by atoms with E-state index in [1.165, 1.54) is 0 Å². The summed E-state index contributed by atoms with van der Waals surface area (Å²) in [6, 6.07) is 2.60. The van der Waals surface area contributed by atoms with Crippen LogP contribution in [-0.2, 0) is 16.9 Å². The van der Waals surface area contributed by atoms with Gasteiger partial charge in [-0.2, -0.15) is 13.2 Å². The van der Waals surface area contributed by atoms with Crippen LogP contribution in [-0.4, -0.2) is 29.4 Å². The second-order valence-corrected chi connectivity index (χ2v) is 6.43. The number of nitrogens with one attached hydrogen (secondary N) is 1. The van der Waals surface area contributed by atoms with Crippen LogP contribution < -0.4 is 5.56 Å². The van der Waals surface area contributed by atoms with Gasteiger partial charge in [-0.1, -0.05) is 0 Å². The molecule has 0 aliphatic carbocycles. The van der Waals surface area contributed by atoms with Gasteiger partial charge in [0.2, 0.25) is 5.65 Å². The fourth-order valence-corrected chi connectivity index (χ4v) is 2.75. The summed E-state index contributed by atoms with van der Waals surface area (Å²) in [7, 11) is -4.55. The molecule has 122 valence electrons. The molecule has 23 heavy (non-hydrogen) atoms. The second-order valence-electron chi connectivity index (χ2n) is 4.78. The van der Waals surface area contributed by atoms with Crippen LogP contribution in [0.1, 0.15) is 11.4 Å². The van der Waals surface area contributed by atoms with E-state index in [9.17, 15) is 22.5 Å². The van der Waals surface area contributed by atoms with Crippen LogP contribution in [0.15, 0.2) is 23.0 Å². The van der Waals surface area contributed by atoms with E-state index in [0.29, 0.717) is 0 Å². The third-order valence-electron chi connectivity index (χ3n) is 3.09. The van der Waals surface area contributed by atoms with Crippen molar-refractivity contribution in [2.75, 3.05) is 0 Å². The Bertz CT molecular complexity index is 1020. The van der Waals surface area contributed by atoms with Crippen molar-refractivity contribution >= 4 is 24.3 Å². The van der Waals surface area contributed by atoms with E-state index in [1.54, 1.807) is 0 Å². The summed E-state index contributed by atoms with van der Waals surface area (Å²) in [4.78, 5) is 32.3. The van der Waals surface area contributed by atoms with Gasteiger partial charge >= 0.3 is 13.8 Å². The van der Waals surface area contributed by atoms with Crippen molar-refractivity contribution in [2.24, 2.45) is 0 Å². The number of aromatic amines is 1. The fraction of sp³-hybridized carbons (Fsp3) is 0.182. The minimum Gasteiger partial charge on any atom is -0.324 e. The van der Waals surface area contributed by atoms with Crippen LogP contribution in [0.2, 0.25) is 0 Å².